The Labute approximate surface area is 173 Å². The Morgan fingerprint density at radius 1 is 0.931 bits per heavy atom. The van der Waals surface area contributed by atoms with Crippen LogP contribution in [0.4, 0.5) is 5.69 Å². The molecule has 0 unspecified atom stereocenters. The van der Waals surface area contributed by atoms with Crippen molar-refractivity contribution in [2.45, 2.75) is 33.2 Å². The quantitative estimate of drug-likeness (QED) is 0.817. The zero-order valence-electron chi connectivity index (χ0n) is 17.6. The summed E-state index contributed by atoms with van der Waals surface area (Å²) in [7, 11) is 0. The van der Waals surface area contributed by atoms with Crippen molar-refractivity contribution in [1.29, 1.82) is 0 Å². The van der Waals surface area contributed by atoms with E-state index in [0.717, 1.165) is 18.7 Å². The third-order valence-electron chi connectivity index (χ3n) is 5.41. The standard InChI is InChI=1S/C24H31N3O2/c1-18(2)17-22(25-23(28)21-12-8-7-9-19(21)3)24(29)27-15-13-26(14-16-27)20-10-5-4-6-11-20/h4-12,18,22H,13-17H2,1-3H3,(H,25,28)/t22-/m1/s1. The van der Waals surface area contributed by atoms with Gasteiger partial charge in [-0.3, -0.25) is 9.59 Å². The van der Waals surface area contributed by atoms with Gasteiger partial charge in [-0.05, 0) is 43.0 Å². The number of anilines is 1. The van der Waals surface area contributed by atoms with Crippen molar-refractivity contribution in [3.63, 3.8) is 0 Å². The SMILES string of the molecule is Cc1ccccc1C(=O)N[C@H](CC(C)C)C(=O)N1CCN(c2ccccc2)CC1. The topological polar surface area (TPSA) is 52.7 Å². The second kappa shape index (κ2) is 9.59. The molecule has 0 bridgehead atoms. The summed E-state index contributed by atoms with van der Waals surface area (Å²) in [6, 6.07) is 17.3. The molecule has 1 N–H and O–H groups in total. The van der Waals surface area contributed by atoms with Crippen molar-refractivity contribution in [2.75, 3.05) is 31.1 Å². The molecule has 1 aliphatic heterocycles. The summed E-state index contributed by atoms with van der Waals surface area (Å²) in [6.07, 6.45) is 0.634. The van der Waals surface area contributed by atoms with Gasteiger partial charge < -0.3 is 15.1 Å². The Bertz CT molecular complexity index is 827. The first kappa shape index (κ1) is 20.9. The van der Waals surface area contributed by atoms with Gasteiger partial charge in [0.15, 0.2) is 0 Å². The molecule has 5 nitrogen and oxygen atoms in total. The van der Waals surface area contributed by atoms with Gasteiger partial charge in [-0.25, -0.2) is 0 Å². The number of nitrogens with zero attached hydrogens (tertiary/aromatic N) is 2. The predicted octanol–water partition coefficient (Wildman–Crippen LogP) is 3.49. The number of hydrogen-bond acceptors (Lipinski definition) is 3. The zero-order chi connectivity index (χ0) is 20.8. The summed E-state index contributed by atoms with van der Waals surface area (Å²) in [5, 5.41) is 3.00. The van der Waals surface area contributed by atoms with Gasteiger partial charge in [0.2, 0.25) is 5.91 Å². The van der Waals surface area contributed by atoms with Gasteiger partial charge in [0.05, 0.1) is 0 Å². The molecule has 1 atom stereocenters. The number of carbonyl (C=O) groups excluding carboxylic acids is 2. The summed E-state index contributed by atoms with van der Waals surface area (Å²) in [4.78, 5) is 30.2. The lowest BCUT2D eigenvalue weighted by Crippen LogP contribution is -2.55. The van der Waals surface area contributed by atoms with E-state index >= 15 is 0 Å². The molecular weight excluding hydrogens is 362 g/mol. The Balaban J connectivity index is 1.65. The van der Waals surface area contributed by atoms with E-state index in [-0.39, 0.29) is 11.8 Å². The van der Waals surface area contributed by atoms with Gasteiger partial charge in [0.25, 0.3) is 5.91 Å². The highest BCUT2D eigenvalue weighted by Gasteiger charge is 2.29. The molecule has 0 aromatic heterocycles. The molecule has 5 heteroatoms. The Morgan fingerprint density at radius 2 is 1.55 bits per heavy atom. The molecule has 154 valence electrons. The van der Waals surface area contributed by atoms with Crippen molar-refractivity contribution in [3.05, 3.63) is 65.7 Å². The number of rotatable bonds is 6. The second-order valence-electron chi connectivity index (χ2n) is 8.12. The highest BCUT2D eigenvalue weighted by Crippen LogP contribution is 2.17. The number of hydrogen-bond donors (Lipinski definition) is 1. The maximum atomic E-state index is 13.2. The molecule has 1 heterocycles. The number of piperazine rings is 1. The fraction of sp³-hybridized carbons (Fsp3) is 0.417. The Kier molecular flexibility index (Phi) is 6.91. The minimum Gasteiger partial charge on any atom is -0.368 e. The number of benzene rings is 2. The summed E-state index contributed by atoms with van der Waals surface area (Å²) in [5.41, 5.74) is 2.73. The molecule has 0 radical (unpaired) electrons. The van der Waals surface area contributed by atoms with Crippen LogP contribution in [0, 0.1) is 12.8 Å². The minimum atomic E-state index is -0.495. The third-order valence-corrected chi connectivity index (χ3v) is 5.41. The lowest BCUT2D eigenvalue weighted by Gasteiger charge is -2.38. The average molecular weight is 394 g/mol. The van der Waals surface area contributed by atoms with Gasteiger partial charge in [-0.2, -0.15) is 0 Å². The zero-order valence-corrected chi connectivity index (χ0v) is 17.6. The van der Waals surface area contributed by atoms with Crippen LogP contribution in [0.25, 0.3) is 0 Å². The van der Waals surface area contributed by atoms with Crippen LogP contribution in [-0.4, -0.2) is 48.9 Å². The van der Waals surface area contributed by atoms with E-state index in [4.69, 9.17) is 0 Å². The molecule has 2 aromatic carbocycles. The van der Waals surface area contributed by atoms with Crippen LogP contribution in [0.2, 0.25) is 0 Å². The first-order valence-corrected chi connectivity index (χ1v) is 10.4. The van der Waals surface area contributed by atoms with E-state index in [1.165, 1.54) is 5.69 Å². The summed E-state index contributed by atoms with van der Waals surface area (Å²) in [6.45, 7) is 9.01. The Hall–Kier alpha value is -2.82. The normalized spacial score (nSPS) is 15.3. The van der Waals surface area contributed by atoms with E-state index in [1.54, 1.807) is 6.07 Å². The second-order valence-corrected chi connectivity index (χ2v) is 8.12. The van der Waals surface area contributed by atoms with E-state index in [9.17, 15) is 9.59 Å². The van der Waals surface area contributed by atoms with E-state index in [2.05, 4.69) is 36.2 Å². The number of carbonyl (C=O) groups is 2. The fourth-order valence-electron chi connectivity index (χ4n) is 3.80. The van der Waals surface area contributed by atoms with Gasteiger partial charge >= 0.3 is 0 Å². The van der Waals surface area contributed by atoms with Gasteiger partial charge in [0, 0.05) is 37.4 Å². The average Bonchev–Trinajstić information content (AvgIpc) is 2.73. The van der Waals surface area contributed by atoms with Crippen molar-refractivity contribution >= 4 is 17.5 Å². The number of nitrogens with one attached hydrogen (secondary N) is 1. The van der Waals surface area contributed by atoms with Crippen molar-refractivity contribution in [3.8, 4) is 0 Å². The minimum absolute atomic E-state index is 0.0216. The molecule has 1 saturated heterocycles. The maximum absolute atomic E-state index is 13.2. The first-order valence-electron chi connectivity index (χ1n) is 10.4. The van der Waals surface area contributed by atoms with Crippen LogP contribution in [0.1, 0.15) is 36.2 Å². The smallest absolute Gasteiger partial charge is 0.252 e. The maximum Gasteiger partial charge on any atom is 0.252 e. The molecule has 0 aliphatic carbocycles. The molecule has 29 heavy (non-hydrogen) atoms. The molecule has 2 aromatic rings. The lowest BCUT2D eigenvalue weighted by molar-refractivity contribution is -0.134. The molecule has 2 amide bonds. The molecule has 0 spiro atoms. The van der Waals surface area contributed by atoms with Crippen molar-refractivity contribution in [2.24, 2.45) is 5.92 Å². The van der Waals surface area contributed by atoms with E-state index < -0.39 is 6.04 Å². The van der Waals surface area contributed by atoms with Crippen LogP contribution >= 0.6 is 0 Å². The highest BCUT2D eigenvalue weighted by molar-refractivity contribution is 5.98. The van der Waals surface area contributed by atoms with Crippen LogP contribution in [0.5, 0.6) is 0 Å². The molecule has 1 fully saturated rings. The molecule has 0 saturated carbocycles. The van der Waals surface area contributed by atoms with Gasteiger partial charge in [0.1, 0.15) is 6.04 Å². The van der Waals surface area contributed by atoms with Gasteiger partial charge in [-0.15, -0.1) is 0 Å². The molecule has 3 rings (SSSR count). The largest absolute Gasteiger partial charge is 0.368 e. The first-order chi connectivity index (χ1) is 14.0. The fourth-order valence-corrected chi connectivity index (χ4v) is 3.80. The highest BCUT2D eigenvalue weighted by atomic mass is 16.2. The van der Waals surface area contributed by atoms with Crippen LogP contribution in [0.15, 0.2) is 54.6 Å². The van der Waals surface area contributed by atoms with Crippen molar-refractivity contribution in [1.82, 2.24) is 10.2 Å². The third kappa shape index (κ3) is 5.37. The number of aryl methyl sites for hydroxylation is 1. The van der Waals surface area contributed by atoms with Crippen LogP contribution in [-0.2, 0) is 4.79 Å². The predicted molar refractivity (Wildman–Crippen MR) is 117 cm³/mol. The van der Waals surface area contributed by atoms with E-state index in [0.29, 0.717) is 31.0 Å². The summed E-state index contributed by atoms with van der Waals surface area (Å²) >= 11 is 0. The number of amides is 2. The van der Waals surface area contributed by atoms with Crippen LogP contribution in [0.3, 0.4) is 0 Å². The number of para-hydroxylation sites is 1. The van der Waals surface area contributed by atoms with Gasteiger partial charge in [-0.1, -0.05) is 50.2 Å². The van der Waals surface area contributed by atoms with E-state index in [1.807, 2.05) is 48.2 Å². The van der Waals surface area contributed by atoms with Crippen molar-refractivity contribution < 1.29 is 9.59 Å². The molecular formula is C24H31N3O2. The Morgan fingerprint density at radius 3 is 2.17 bits per heavy atom. The summed E-state index contributed by atoms with van der Waals surface area (Å²) in [5.74, 6) is 0.157. The summed E-state index contributed by atoms with van der Waals surface area (Å²) < 4.78 is 0. The van der Waals surface area contributed by atoms with Crippen LogP contribution < -0.4 is 10.2 Å². The molecule has 1 aliphatic rings. The lowest BCUT2D eigenvalue weighted by atomic mass is 10.0. The monoisotopic (exact) mass is 393 g/mol.